The molecule has 0 bridgehead atoms. The van der Waals surface area contributed by atoms with E-state index in [0.29, 0.717) is 17.9 Å². The Morgan fingerprint density at radius 2 is 1.14 bits per heavy atom. The number of carbonyl (C=O) groups excluding carboxylic acids is 2. The molecular weight excluding hydrogens is 658 g/mol. The molecule has 4 aromatic rings. The van der Waals surface area contributed by atoms with E-state index in [1.54, 1.807) is 45.0 Å². The maximum absolute atomic E-state index is 15.9. The van der Waals surface area contributed by atoms with Crippen molar-refractivity contribution in [2.75, 3.05) is 13.2 Å². The van der Waals surface area contributed by atoms with Gasteiger partial charge in [-0.15, -0.1) is 0 Å². The number of aliphatic hydroxyl groups excluding tert-OH is 1. The third-order valence-corrected chi connectivity index (χ3v) is 7.58. The van der Waals surface area contributed by atoms with Crippen LogP contribution in [-0.2, 0) is 45.2 Å². The molecule has 0 saturated carbocycles. The highest BCUT2D eigenvalue weighted by molar-refractivity contribution is 5.84. The van der Waals surface area contributed by atoms with Crippen molar-refractivity contribution in [1.82, 2.24) is 10.6 Å². The third kappa shape index (κ3) is 13.4. The van der Waals surface area contributed by atoms with E-state index in [0.717, 1.165) is 16.7 Å². The summed E-state index contributed by atoms with van der Waals surface area (Å²) in [5.41, 5.74) is 2.25. The lowest BCUT2D eigenvalue weighted by atomic mass is 9.96. The first-order chi connectivity index (χ1) is 24.4. The van der Waals surface area contributed by atoms with Crippen LogP contribution in [0.1, 0.15) is 43.0 Å². The largest absolute Gasteiger partial charge is 0.489 e. The van der Waals surface area contributed by atoms with Crippen molar-refractivity contribution in [3.05, 3.63) is 138 Å². The summed E-state index contributed by atoms with van der Waals surface area (Å²) < 4.78 is 54.3. The highest BCUT2D eigenvalue weighted by Gasteiger charge is 2.51. The molecule has 51 heavy (non-hydrogen) atoms. The van der Waals surface area contributed by atoms with Crippen LogP contribution in [0.4, 0.5) is 13.6 Å². The van der Waals surface area contributed by atoms with E-state index in [2.05, 4.69) is 10.6 Å². The van der Waals surface area contributed by atoms with Crippen LogP contribution in [0.5, 0.6) is 5.75 Å². The Hall–Kier alpha value is -4.84. The molecule has 0 aliphatic rings. The quantitative estimate of drug-likeness (QED) is 0.107. The number of halogens is 2. The molecule has 11 heteroatoms. The van der Waals surface area contributed by atoms with Gasteiger partial charge >= 0.3 is 12.0 Å². The predicted molar refractivity (Wildman–Crippen MR) is 189 cm³/mol. The second-order valence-electron chi connectivity index (χ2n) is 13.1. The average molecular weight is 705 g/mol. The normalized spacial score (nSPS) is 12.9. The number of ether oxygens (including phenoxy) is 4. The van der Waals surface area contributed by atoms with Gasteiger partial charge in [-0.05, 0) is 61.6 Å². The summed E-state index contributed by atoms with van der Waals surface area (Å²) in [5, 5.41) is 15.7. The van der Waals surface area contributed by atoms with Crippen LogP contribution in [0.15, 0.2) is 115 Å². The molecule has 0 aliphatic heterocycles. The van der Waals surface area contributed by atoms with Crippen LogP contribution in [0.3, 0.4) is 0 Å². The fourth-order valence-corrected chi connectivity index (χ4v) is 5.00. The summed E-state index contributed by atoms with van der Waals surface area (Å²) >= 11 is 0. The highest BCUT2D eigenvalue weighted by atomic mass is 19.3. The summed E-state index contributed by atoms with van der Waals surface area (Å²) in [6.45, 7) is 5.28. The van der Waals surface area contributed by atoms with E-state index in [-0.39, 0.29) is 32.8 Å². The van der Waals surface area contributed by atoms with Crippen LogP contribution in [0, 0.1) is 0 Å². The molecule has 272 valence electrons. The second-order valence-corrected chi connectivity index (χ2v) is 13.1. The molecule has 0 saturated heterocycles. The molecule has 2 atom stereocenters. The Kier molecular flexibility index (Phi) is 14.5. The number of alkyl carbamates (subject to hydrolysis) is 1. The van der Waals surface area contributed by atoms with Gasteiger partial charge in [0.05, 0.1) is 38.5 Å². The molecule has 3 N–H and O–H groups in total. The lowest BCUT2D eigenvalue weighted by Gasteiger charge is -2.31. The minimum atomic E-state index is -4.34. The summed E-state index contributed by atoms with van der Waals surface area (Å²) in [6.07, 6.45) is -3.89. The molecule has 0 fully saturated rings. The van der Waals surface area contributed by atoms with E-state index in [4.69, 9.17) is 18.9 Å². The minimum Gasteiger partial charge on any atom is -0.489 e. The Morgan fingerprint density at radius 1 is 0.667 bits per heavy atom. The minimum absolute atomic E-state index is 0.139. The Labute approximate surface area is 297 Å². The topological polar surface area (TPSA) is 115 Å². The van der Waals surface area contributed by atoms with Gasteiger partial charge in [-0.25, -0.2) is 4.79 Å². The fraction of sp³-hybridized carbons (Fsp3) is 0.350. The molecule has 4 rings (SSSR count). The van der Waals surface area contributed by atoms with Crippen molar-refractivity contribution in [3.8, 4) is 5.75 Å². The first-order valence-electron chi connectivity index (χ1n) is 16.7. The van der Waals surface area contributed by atoms with Crippen LogP contribution < -0.4 is 15.4 Å². The van der Waals surface area contributed by atoms with Crippen molar-refractivity contribution in [2.45, 2.75) is 76.7 Å². The summed E-state index contributed by atoms with van der Waals surface area (Å²) in [7, 11) is 0. The molecule has 4 aromatic carbocycles. The van der Waals surface area contributed by atoms with Gasteiger partial charge in [0, 0.05) is 0 Å². The van der Waals surface area contributed by atoms with E-state index in [1.807, 2.05) is 91.0 Å². The monoisotopic (exact) mass is 704 g/mol. The van der Waals surface area contributed by atoms with Gasteiger partial charge in [-0.1, -0.05) is 103 Å². The van der Waals surface area contributed by atoms with Crippen molar-refractivity contribution >= 4 is 12.0 Å². The molecule has 2 amide bonds. The van der Waals surface area contributed by atoms with Crippen molar-refractivity contribution in [1.29, 1.82) is 0 Å². The predicted octanol–water partition coefficient (Wildman–Crippen LogP) is 6.62. The van der Waals surface area contributed by atoms with Crippen molar-refractivity contribution in [2.24, 2.45) is 0 Å². The first-order valence-corrected chi connectivity index (χ1v) is 16.7. The van der Waals surface area contributed by atoms with Gasteiger partial charge in [0.2, 0.25) is 0 Å². The Bertz CT molecular complexity index is 1570. The zero-order chi connectivity index (χ0) is 36.7. The molecular formula is C40H46F2N2O7. The number of hydrogen-bond donors (Lipinski definition) is 3. The summed E-state index contributed by atoms with van der Waals surface area (Å²) in [6, 6.07) is 32.1. The highest BCUT2D eigenvalue weighted by Crippen LogP contribution is 2.25. The number of alkyl halides is 2. The van der Waals surface area contributed by atoms with Gasteiger partial charge in [-0.2, -0.15) is 8.78 Å². The molecule has 0 aliphatic carbocycles. The van der Waals surface area contributed by atoms with E-state index in [9.17, 15) is 14.7 Å². The molecule has 0 heterocycles. The Morgan fingerprint density at radius 3 is 1.61 bits per heavy atom. The van der Waals surface area contributed by atoms with Gasteiger partial charge < -0.3 is 34.7 Å². The number of hydrogen-bond acceptors (Lipinski definition) is 7. The molecule has 0 radical (unpaired) electrons. The van der Waals surface area contributed by atoms with Crippen molar-refractivity contribution in [3.63, 3.8) is 0 Å². The number of carbonyl (C=O) groups is 2. The summed E-state index contributed by atoms with van der Waals surface area (Å²) in [4.78, 5) is 25.9. The number of nitrogens with one attached hydrogen (secondary N) is 2. The SMILES string of the molecule is CC(C)(C)OC(=O)NC(Cc1ccc(OCc2ccccc2)cc1)C(O)C(F)(F)C(=O)NC(COCc1ccccc1)COCc1ccccc1. The van der Waals surface area contributed by atoms with Gasteiger partial charge in [0.25, 0.3) is 5.91 Å². The van der Waals surface area contributed by atoms with E-state index < -0.39 is 41.7 Å². The fourth-order valence-electron chi connectivity index (χ4n) is 5.00. The maximum atomic E-state index is 15.9. The molecule has 0 aromatic heterocycles. The second kappa shape index (κ2) is 19.0. The Balaban J connectivity index is 1.45. The molecule has 0 spiro atoms. The first kappa shape index (κ1) is 39.0. The number of amides is 2. The standard InChI is InChI=1S/C40H46F2N2O7/c1-39(2,3)51-38(47)44-35(23-29-19-21-34(22-20-29)50-26-32-17-11-6-12-18-32)36(45)40(41,42)37(46)43-33(27-48-24-30-13-7-4-8-14-30)28-49-25-31-15-9-5-10-16-31/h4-22,33,35-36,45H,23-28H2,1-3H3,(H,43,46)(H,44,47). The number of benzene rings is 4. The van der Waals surface area contributed by atoms with Gasteiger partial charge in [0.1, 0.15) is 24.1 Å². The lowest BCUT2D eigenvalue weighted by molar-refractivity contribution is -0.168. The molecule has 2 unspecified atom stereocenters. The number of aliphatic hydroxyl groups is 1. The average Bonchev–Trinajstić information content (AvgIpc) is 3.11. The smallest absolute Gasteiger partial charge is 0.407 e. The van der Waals surface area contributed by atoms with E-state index >= 15 is 8.78 Å². The van der Waals surface area contributed by atoms with Gasteiger partial charge in [0.15, 0.2) is 0 Å². The van der Waals surface area contributed by atoms with Gasteiger partial charge in [-0.3, -0.25) is 4.79 Å². The zero-order valence-corrected chi connectivity index (χ0v) is 29.1. The van der Waals surface area contributed by atoms with E-state index in [1.165, 1.54) is 0 Å². The molecule has 9 nitrogen and oxygen atoms in total. The maximum Gasteiger partial charge on any atom is 0.407 e. The van der Waals surface area contributed by atoms with Crippen LogP contribution >= 0.6 is 0 Å². The number of rotatable bonds is 18. The van der Waals surface area contributed by atoms with Crippen LogP contribution in [0.2, 0.25) is 0 Å². The van der Waals surface area contributed by atoms with Crippen LogP contribution in [0.25, 0.3) is 0 Å². The van der Waals surface area contributed by atoms with Crippen LogP contribution in [-0.4, -0.2) is 60.0 Å². The van der Waals surface area contributed by atoms with Crippen molar-refractivity contribution < 1.29 is 42.4 Å². The zero-order valence-electron chi connectivity index (χ0n) is 29.1. The lowest BCUT2D eigenvalue weighted by Crippen LogP contribution is -2.60. The summed E-state index contributed by atoms with van der Waals surface area (Å²) in [5.74, 6) is -5.54. The third-order valence-electron chi connectivity index (χ3n) is 7.58.